The van der Waals surface area contributed by atoms with Crippen LogP contribution in [-0.2, 0) is 9.53 Å². The Morgan fingerprint density at radius 1 is 1.50 bits per heavy atom. The van der Waals surface area contributed by atoms with E-state index in [1.165, 1.54) is 32.2 Å². The average Bonchev–Trinajstić information content (AvgIpc) is 2.37. The third-order valence-electron chi connectivity index (χ3n) is 2.51. The summed E-state index contributed by atoms with van der Waals surface area (Å²) in [6.45, 7) is 1.21. The first kappa shape index (κ1) is 18.4. The largest absolute Gasteiger partial charge is 0.507 e. The highest BCUT2D eigenvalue weighted by molar-refractivity contribution is 5.85. The molecule has 0 aliphatic rings. The minimum absolute atomic E-state index is 0. The summed E-state index contributed by atoms with van der Waals surface area (Å²) in [7, 11) is 1.24. The summed E-state index contributed by atoms with van der Waals surface area (Å²) in [6, 6.07) is 1.88. The number of carbonyl (C=O) groups is 1. The molecule has 0 fully saturated rings. The Kier molecular flexibility index (Phi) is 6.67. The number of phenolic OH excluding ortho intramolecular Hbond substituents is 1. The van der Waals surface area contributed by atoms with E-state index in [9.17, 15) is 18.7 Å². The summed E-state index contributed by atoms with van der Waals surface area (Å²) in [5.74, 6) is -6.22. The van der Waals surface area contributed by atoms with Crippen molar-refractivity contribution in [1.82, 2.24) is 0 Å². The first-order valence-corrected chi connectivity index (χ1v) is 5.52. The predicted octanol–water partition coefficient (Wildman–Crippen LogP) is 2.02. The van der Waals surface area contributed by atoms with Crippen molar-refractivity contribution >= 4 is 18.4 Å². The quantitative estimate of drug-likeness (QED) is 0.813. The molecule has 0 bridgehead atoms. The van der Waals surface area contributed by atoms with E-state index in [-0.39, 0.29) is 30.3 Å². The van der Waals surface area contributed by atoms with Crippen molar-refractivity contribution in [2.24, 2.45) is 5.73 Å². The van der Waals surface area contributed by atoms with Crippen LogP contribution in [0.5, 0.6) is 11.5 Å². The number of ether oxygens (including phenoxy) is 2. The lowest BCUT2D eigenvalue weighted by Crippen LogP contribution is -2.41. The van der Waals surface area contributed by atoms with Crippen LogP contribution >= 0.6 is 12.4 Å². The van der Waals surface area contributed by atoms with Gasteiger partial charge in [-0.2, -0.15) is 8.78 Å². The fourth-order valence-electron chi connectivity index (χ4n) is 1.56. The minimum Gasteiger partial charge on any atom is -0.507 e. The zero-order chi connectivity index (χ0) is 14.6. The van der Waals surface area contributed by atoms with Gasteiger partial charge in [0.1, 0.15) is 17.5 Å². The molecule has 1 rings (SSSR count). The molecule has 1 aromatic rings. The van der Waals surface area contributed by atoms with Crippen molar-refractivity contribution in [3.63, 3.8) is 0 Å². The molecule has 1 aromatic carbocycles. The van der Waals surface area contributed by atoms with Crippen molar-refractivity contribution in [3.8, 4) is 11.5 Å². The highest BCUT2D eigenvalue weighted by Crippen LogP contribution is 2.40. The van der Waals surface area contributed by atoms with Crippen LogP contribution < -0.4 is 10.5 Å². The maximum absolute atomic E-state index is 13.8. The maximum atomic E-state index is 13.8. The third-order valence-corrected chi connectivity index (χ3v) is 2.51. The number of aromatic hydroxyl groups is 1. The molecule has 20 heavy (non-hydrogen) atoms. The van der Waals surface area contributed by atoms with Crippen LogP contribution in [0.15, 0.2) is 18.2 Å². The zero-order valence-corrected chi connectivity index (χ0v) is 11.7. The zero-order valence-electron chi connectivity index (χ0n) is 10.9. The second-order valence-electron chi connectivity index (χ2n) is 3.71. The normalized spacial score (nSPS) is 12.2. The Labute approximate surface area is 121 Å². The van der Waals surface area contributed by atoms with Gasteiger partial charge in [-0.1, -0.05) is 6.07 Å². The number of halogens is 3. The Bertz CT molecular complexity index is 471. The minimum atomic E-state index is -3.97. The number of rotatable bonds is 5. The lowest BCUT2D eigenvalue weighted by molar-refractivity contribution is -0.174. The summed E-state index contributed by atoms with van der Waals surface area (Å²) >= 11 is 0. The van der Waals surface area contributed by atoms with Crippen LogP contribution in [0.2, 0.25) is 0 Å². The molecule has 0 radical (unpaired) electrons. The van der Waals surface area contributed by atoms with Crippen LogP contribution in [0.4, 0.5) is 8.78 Å². The number of phenols is 1. The van der Waals surface area contributed by atoms with Gasteiger partial charge in [0.05, 0.1) is 19.3 Å². The van der Waals surface area contributed by atoms with E-state index < -0.39 is 23.7 Å². The SMILES string of the molecule is CCOC(=O)C(F)(F)[C@@H](N)c1c(O)cccc1OC.Cl. The van der Waals surface area contributed by atoms with Crippen LogP contribution in [-0.4, -0.2) is 30.7 Å². The molecule has 0 unspecified atom stereocenters. The smallest absolute Gasteiger partial charge is 0.379 e. The fraction of sp³-hybridized carbons (Fsp3) is 0.417. The molecule has 1 atom stereocenters. The molecule has 0 aromatic heterocycles. The van der Waals surface area contributed by atoms with Gasteiger partial charge in [0.25, 0.3) is 0 Å². The number of hydrogen-bond donors (Lipinski definition) is 2. The van der Waals surface area contributed by atoms with E-state index >= 15 is 0 Å². The summed E-state index contributed by atoms with van der Waals surface area (Å²) in [4.78, 5) is 11.2. The second kappa shape index (κ2) is 7.25. The number of alkyl halides is 2. The highest BCUT2D eigenvalue weighted by Gasteiger charge is 2.49. The van der Waals surface area contributed by atoms with Crippen LogP contribution in [0.3, 0.4) is 0 Å². The molecule has 0 aliphatic carbocycles. The molecule has 0 saturated heterocycles. The Balaban J connectivity index is 0.00000361. The Morgan fingerprint density at radius 2 is 2.10 bits per heavy atom. The molecule has 0 aliphatic heterocycles. The van der Waals surface area contributed by atoms with Crippen molar-refractivity contribution < 1.29 is 28.2 Å². The Hall–Kier alpha value is -1.60. The first-order valence-electron chi connectivity index (χ1n) is 5.52. The Morgan fingerprint density at radius 3 is 2.60 bits per heavy atom. The van der Waals surface area contributed by atoms with E-state index in [1.807, 2.05) is 0 Å². The van der Waals surface area contributed by atoms with Gasteiger partial charge in [-0.05, 0) is 19.1 Å². The highest BCUT2D eigenvalue weighted by atomic mass is 35.5. The summed E-state index contributed by atoms with van der Waals surface area (Å²) in [6.07, 6.45) is 0. The number of nitrogens with two attached hydrogens (primary N) is 1. The van der Waals surface area contributed by atoms with Gasteiger partial charge in [-0.25, -0.2) is 4.79 Å². The topological polar surface area (TPSA) is 81.8 Å². The number of hydrogen-bond acceptors (Lipinski definition) is 5. The van der Waals surface area contributed by atoms with Gasteiger partial charge in [-0.15, -0.1) is 12.4 Å². The van der Waals surface area contributed by atoms with Gasteiger partial charge in [0.15, 0.2) is 0 Å². The van der Waals surface area contributed by atoms with E-state index in [2.05, 4.69) is 4.74 Å². The van der Waals surface area contributed by atoms with E-state index in [0.717, 1.165) is 0 Å². The molecule has 0 spiro atoms. The molecule has 3 N–H and O–H groups in total. The van der Waals surface area contributed by atoms with E-state index in [4.69, 9.17) is 10.5 Å². The van der Waals surface area contributed by atoms with Crippen LogP contribution in [0, 0.1) is 0 Å². The van der Waals surface area contributed by atoms with Gasteiger partial charge >= 0.3 is 11.9 Å². The number of methoxy groups -OCH3 is 1. The van der Waals surface area contributed by atoms with Crippen molar-refractivity contribution in [2.45, 2.75) is 18.9 Å². The van der Waals surface area contributed by atoms with Gasteiger partial charge in [0.2, 0.25) is 0 Å². The summed E-state index contributed by atoms with van der Waals surface area (Å²) in [5, 5.41) is 9.62. The maximum Gasteiger partial charge on any atom is 0.379 e. The van der Waals surface area contributed by atoms with Gasteiger partial charge in [-0.3, -0.25) is 0 Å². The lowest BCUT2D eigenvalue weighted by Gasteiger charge is -2.23. The molecule has 0 saturated carbocycles. The standard InChI is InChI=1S/C12H15F2NO4.ClH/c1-3-19-11(17)12(13,14)10(15)9-7(16)5-4-6-8(9)18-2;/h4-6,10,16H,3,15H2,1-2H3;1H/t10-;/m0./s1. The molecule has 0 heterocycles. The molecule has 0 amide bonds. The third kappa shape index (κ3) is 3.49. The average molecular weight is 312 g/mol. The van der Waals surface area contributed by atoms with Crippen molar-refractivity contribution in [1.29, 1.82) is 0 Å². The summed E-state index contributed by atoms with van der Waals surface area (Å²) in [5.41, 5.74) is 5.05. The lowest BCUT2D eigenvalue weighted by atomic mass is 9.99. The second-order valence-corrected chi connectivity index (χ2v) is 3.71. The van der Waals surface area contributed by atoms with Crippen molar-refractivity contribution in [3.05, 3.63) is 23.8 Å². The monoisotopic (exact) mass is 311 g/mol. The van der Waals surface area contributed by atoms with Crippen LogP contribution in [0.25, 0.3) is 0 Å². The number of esters is 1. The van der Waals surface area contributed by atoms with Crippen molar-refractivity contribution in [2.75, 3.05) is 13.7 Å². The number of carbonyl (C=O) groups excluding carboxylic acids is 1. The van der Waals surface area contributed by atoms with Gasteiger partial charge in [0, 0.05) is 0 Å². The molecule has 5 nitrogen and oxygen atoms in total. The molecular weight excluding hydrogens is 296 g/mol. The molecular formula is C12H16ClF2NO4. The first-order chi connectivity index (χ1) is 8.86. The molecule has 114 valence electrons. The molecule has 8 heteroatoms. The summed E-state index contributed by atoms with van der Waals surface area (Å²) < 4.78 is 36.8. The van der Waals surface area contributed by atoms with Gasteiger partial charge < -0.3 is 20.3 Å². The predicted molar refractivity (Wildman–Crippen MR) is 70.4 cm³/mol. The van der Waals surface area contributed by atoms with Crippen LogP contribution in [0.1, 0.15) is 18.5 Å². The fourth-order valence-corrected chi connectivity index (χ4v) is 1.56. The van der Waals surface area contributed by atoms with E-state index in [0.29, 0.717) is 0 Å². The van der Waals surface area contributed by atoms with E-state index in [1.54, 1.807) is 0 Å². The number of benzene rings is 1.